The summed E-state index contributed by atoms with van der Waals surface area (Å²) < 4.78 is 0. The van der Waals surface area contributed by atoms with Crippen LogP contribution < -0.4 is 0 Å². The Morgan fingerprint density at radius 3 is 2.78 bits per heavy atom. The minimum absolute atomic E-state index is 0.0296. The van der Waals surface area contributed by atoms with E-state index in [1.165, 1.54) is 4.90 Å². The van der Waals surface area contributed by atoms with E-state index in [9.17, 15) is 9.59 Å². The van der Waals surface area contributed by atoms with Crippen LogP contribution in [0.15, 0.2) is 11.1 Å². The molecule has 0 saturated carbocycles. The Morgan fingerprint density at radius 1 is 1.35 bits per heavy atom. The molecule has 0 fully saturated rings. The first-order valence-corrected chi connectivity index (χ1v) is 8.35. The molecule has 0 spiro atoms. The Bertz CT molecular complexity index is 781. The molecule has 1 aliphatic carbocycles. The third kappa shape index (κ3) is 1.79. The molecule has 2 aliphatic heterocycles. The minimum Gasteiger partial charge on any atom is -0.271 e. The van der Waals surface area contributed by atoms with E-state index in [4.69, 9.17) is 4.98 Å². The molecule has 2 unspecified atom stereocenters. The standard InChI is InChI=1S/C18H21N3O2/c1-9(2)18(4)17(23)21-15(20-18)14-12(16(21)22)8-11-6-5-10(3)7-13(11)19-14/h8-10H,5-7H2,1-4H3. The van der Waals surface area contributed by atoms with Gasteiger partial charge >= 0.3 is 0 Å². The van der Waals surface area contributed by atoms with Crippen LogP contribution in [0.4, 0.5) is 0 Å². The monoisotopic (exact) mass is 311 g/mol. The van der Waals surface area contributed by atoms with Crippen molar-refractivity contribution in [2.45, 2.75) is 52.5 Å². The van der Waals surface area contributed by atoms with Gasteiger partial charge < -0.3 is 0 Å². The highest BCUT2D eigenvalue weighted by Gasteiger charge is 2.54. The molecule has 5 nitrogen and oxygen atoms in total. The first kappa shape index (κ1) is 14.5. The van der Waals surface area contributed by atoms with Crippen LogP contribution in [0, 0.1) is 11.8 Å². The van der Waals surface area contributed by atoms with Gasteiger partial charge in [0, 0.05) is 5.69 Å². The summed E-state index contributed by atoms with van der Waals surface area (Å²) in [5.74, 6) is 0.599. The fourth-order valence-electron chi connectivity index (χ4n) is 3.64. The van der Waals surface area contributed by atoms with Crippen LogP contribution in [0.2, 0.25) is 0 Å². The molecule has 3 heterocycles. The Hall–Kier alpha value is -2.04. The number of imide groups is 1. The number of hydrogen-bond donors (Lipinski definition) is 0. The van der Waals surface area contributed by atoms with E-state index < -0.39 is 5.54 Å². The first-order chi connectivity index (χ1) is 10.8. The molecule has 0 bridgehead atoms. The number of fused-ring (bicyclic) bond motifs is 4. The smallest absolute Gasteiger partial charge is 0.268 e. The van der Waals surface area contributed by atoms with Crippen molar-refractivity contribution in [3.8, 4) is 0 Å². The van der Waals surface area contributed by atoms with Crippen molar-refractivity contribution in [3.05, 3.63) is 28.6 Å². The van der Waals surface area contributed by atoms with Gasteiger partial charge in [0.25, 0.3) is 11.8 Å². The Balaban J connectivity index is 1.88. The largest absolute Gasteiger partial charge is 0.271 e. The van der Waals surface area contributed by atoms with E-state index in [1.807, 2.05) is 19.9 Å². The van der Waals surface area contributed by atoms with Gasteiger partial charge in [0.1, 0.15) is 11.2 Å². The van der Waals surface area contributed by atoms with Crippen LogP contribution in [0.1, 0.15) is 61.4 Å². The fourth-order valence-corrected chi connectivity index (χ4v) is 3.64. The summed E-state index contributed by atoms with van der Waals surface area (Å²) >= 11 is 0. The van der Waals surface area contributed by atoms with E-state index in [1.54, 1.807) is 6.92 Å². The molecule has 0 radical (unpaired) electrons. The number of rotatable bonds is 1. The van der Waals surface area contributed by atoms with Crippen LogP contribution in [0.25, 0.3) is 0 Å². The van der Waals surface area contributed by atoms with Crippen molar-refractivity contribution < 1.29 is 9.59 Å². The van der Waals surface area contributed by atoms with Crippen LogP contribution in [-0.2, 0) is 17.6 Å². The molecular formula is C18H21N3O2. The maximum atomic E-state index is 12.8. The fraction of sp³-hybridized carbons (Fsp3) is 0.556. The summed E-state index contributed by atoms with van der Waals surface area (Å²) in [6.45, 7) is 7.94. The lowest BCUT2D eigenvalue weighted by Gasteiger charge is -2.24. The number of aromatic nitrogens is 1. The van der Waals surface area contributed by atoms with Crippen LogP contribution >= 0.6 is 0 Å². The molecule has 4 rings (SSSR count). The molecule has 120 valence electrons. The highest BCUT2D eigenvalue weighted by molar-refractivity contribution is 6.33. The van der Waals surface area contributed by atoms with Gasteiger partial charge in [-0.15, -0.1) is 0 Å². The molecular weight excluding hydrogens is 290 g/mol. The van der Waals surface area contributed by atoms with Crippen LogP contribution in [0.3, 0.4) is 0 Å². The molecule has 3 aliphatic rings. The summed E-state index contributed by atoms with van der Waals surface area (Å²) in [6.07, 6.45) is 3.00. The number of aliphatic imine (C=N–C) groups is 1. The molecule has 2 atom stereocenters. The maximum Gasteiger partial charge on any atom is 0.268 e. The lowest BCUT2D eigenvalue weighted by Crippen LogP contribution is -2.44. The molecule has 5 heteroatoms. The molecule has 0 saturated heterocycles. The number of pyridine rings is 1. The average molecular weight is 311 g/mol. The van der Waals surface area contributed by atoms with Gasteiger partial charge in [0.15, 0.2) is 5.84 Å². The number of amides is 2. The minimum atomic E-state index is -0.868. The van der Waals surface area contributed by atoms with Gasteiger partial charge in [-0.1, -0.05) is 20.8 Å². The number of carbonyl (C=O) groups excluding carboxylic acids is 2. The van der Waals surface area contributed by atoms with Gasteiger partial charge in [-0.3, -0.25) is 9.59 Å². The molecule has 0 N–H and O–H groups in total. The summed E-state index contributed by atoms with van der Waals surface area (Å²) in [7, 11) is 0. The first-order valence-electron chi connectivity index (χ1n) is 8.35. The van der Waals surface area contributed by atoms with Gasteiger partial charge in [-0.25, -0.2) is 14.9 Å². The number of hydrogen-bond acceptors (Lipinski definition) is 4. The topological polar surface area (TPSA) is 62.6 Å². The predicted octanol–water partition coefficient (Wildman–Crippen LogP) is 2.36. The van der Waals surface area contributed by atoms with Gasteiger partial charge in [0.2, 0.25) is 0 Å². The lowest BCUT2D eigenvalue weighted by atomic mass is 9.87. The van der Waals surface area contributed by atoms with Crippen molar-refractivity contribution in [2.24, 2.45) is 16.8 Å². The second-order valence-electron chi connectivity index (χ2n) is 7.52. The predicted molar refractivity (Wildman–Crippen MR) is 86.4 cm³/mol. The lowest BCUT2D eigenvalue weighted by molar-refractivity contribution is -0.130. The molecule has 1 aromatic rings. The normalized spacial score (nSPS) is 28.8. The zero-order chi connectivity index (χ0) is 16.5. The van der Waals surface area contributed by atoms with E-state index in [-0.39, 0.29) is 17.7 Å². The molecule has 0 aromatic carbocycles. The number of aryl methyl sites for hydroxylation is 1. The Kier molecular flexibility index (Phi) is 2.84. The van der Waals surface area contributed by atoms with Crippen LogP contribution in [0.5, 0.6) is 0 Å². The number of nitrogens with zero attached hydrogens (tertiary/aromatic N) is 3. The van der Waals surface area contributed by atoms with E-state index in [2.05, 4.69) is 11.9 Å². The Labute approximate surface area is 135 Å². The Morgan fingerprint density at radius 2 is 2.09 bits per heavy atom. The molecule has 23 heavy (non-hydrogen) atoms. The van der Waals surface area contributed by atoms with Crippen LogP contribution in [-0.4, -0.2) is 33.1 Å². The second-order valence-corrected chi connectivity index (χ2v) is 7.52. The van der Waals surface area contributed by atoms with Crippen molar-refractivity contribution in [2.75, 3.05) is 0 Å². The average Bonchev–Trinajstić information content (AvgIpc) is 2.92. The number of carbonyl (C=O) groups is 2. The highest BCUT2D eigenvalue weighted by Crippen LogP contribution is 2.38. The van der Waals surface area contributed by atoms with Gasteiger partial charge in [0.05, 0.1) is 5.56 Å². The molecule has 2 amide bonds. The van der Waals surface area contributed by atoms with E-state index in [0.29, 0.717) is 23.0 Å². The van der Waals surface area contributed by atoms with E-state index >= 15 is 0 Å². The third-order valence-electron chi connectivity index (χ3n) is 5.59. The van der Waals surface area contributed by atoms with Crippen molar-refractivity contribution in [1.29, 1.82) is 0 Å². The zero-order valence-corrected chi connectivity index (χ0v) is 14.0. The maximum absolute atomic E-state index is 12.8. The number of amidine groups is 1. The van der Waals surface area contributed by atoms with E-state index in [0.717, 1.165) is 30.5 Å². The van der Waals surface area contributed by atoms with Gasteiger partial charge in [-0.05, 0) is 49.7 Å². The quantitative estimate of drug-likeness (QED) is 0.748. The third-order valence-corrected chi connectivity index (χ3v) is 5.59. The van der Waals surface area contributed by atoms with Crippen molar-refractivity contribution >= 4 is 17.6 Å². The summed E-state index contributed by atoms with van der Waals surface area (Å²) in [5.41, 5.74) is 2.48. The van der Waals surface area contributed by atoms with Crippen molar-refractivity contribution in [1.82, 2.24) is 9.88 Å². The summed E-state index contributed by atoms with van der Waals surface area (Å²) in [4.78, 5) is 36.1. The highest BCUT2D eigenvalue weighted by atomic mass is 16.2. The molecule has 1 aromatic heterocycles. The SMILES string of the molecule is CC1CCc2cc3c(nc2C1)C1=NC(C)(C(C)C)C(=O)N1C3=O. The summed E-state index contributed by atoms with van der Waals surface area (Å²) in [6, 6.07) is 1.94. The zero-order valence-electron chi connectivity index (χ0n) is 14.0. The van der Waals surface area contributed by atoms with Crippen molar-refractivity contribution in [3.63, 3.8) is 0 Å². The summed E-state index contributed by atoms with van der Waals surface area (Å²) in [5, 5.41) is 0. The second kappa shape index (κ2) is 4.49. The van der Waals surface area contributed by atoms with Gasteiger partial charge in [-0.2, -0.15) is 0 Å².